The van der Waals surface area contributed by atoms with Crippen LogP contribution in [0, 0.1) is 12.8 Å². The van der Waals surface area contributed by atoms with Gasteiger partial charge in [0, 0.05) is 43.8 Å². The lowest BCUT2D eigenvalue weighted by Crippen LogP contribution is -2.39. The SMILES string of the molecule is Cc1ncc(CC(=O)NC2CCC(CCN3CCc4sc(CCC(C)(F)F)nc4C3)CC2)o1. The number of carbonyl (C=O) groups excluding carboxylic acids is 1. The minimum absolute atomic E-state index is 0.00371. The maximum Gasteiger partial charge on any atom is 0.245 e. The molecule has 0 saturated heterocycles. The van der Waals surface area contributed by atoms with E-state index in [0.717, 1.165) is 75.8 Å². The van der Waals surface area contributed by atoms with Crippen molar-refractivity contribution in [2.75, 3.05) is 13.1 Å². The van der Waals surface area contributed by atoms with Gasteiger partial charge in [-0.1, -0.05) is 0 Å². The molecule has 0 radical (unpaired) electrons. The zero-order valence-corrected chi connectivity index (χ0v) is 20.4. The molecule has 1 N–H and O–H groups in total. The molecule has 33 heavy (non-hydrogen) atoms. The Morgan fingerprint density at radius 1 is 1.33 bits per heavy atom. The second kappa shape index (κ2) is 10.6. The summed E-state index contributed by atoms with van der Waals surface area (Å²) in [6.45, 7) is 5.65. The van der Waals surface area contributed by atoms with Crippen LogP contribution in [-0.2, 0) is 30.6 Å². The number of alkyl halides is 2. The summed E-state index contributed by atoms with van der Waals surface area (Å²) in [5, 5.41) is 3.99. The van der Waals surface area contributed by atoms with Gasteiger partial charge in [-0.2, -0.15) is 0 Å². The molecule has 4 rings (SSSR count). The summed E-state index contributed by atoms with van der Waals surface area (Å²) >= 11 is 1.62. The smallest absolute Gasteiger partial charge is 0.245 e. The van der Waals surface area contributed by atoms with Crippen LogP contribution in [0.5, 0.6) is 0 Å². The van der Waals surface area contributed by atoms with E-state index in [9.17, 15) is 13.6 Å². The topological polar surface area (TPSA) is 71.3 Å². The predicted octanol–water partition coefficient (Wildman–Crippen LogP) is 4.69. The van der Waals surface area contributed by atoms with Crippen molar-refractivity contribution in [2.24, 2.45) is 5.92 Å². The van der Waals surface area contributed by atoms with Crippen LogP contribution in [0.4, 0.5) is 8.78 Å². The average molecular weight is 481 g/mol. The first-order valence-electron chi connectivity index (χ1n) is 12.0. The Labute approximate surface area is 198 Å². The number of rotatable bonds is 9. The summed E-state index contributed by atoms with van der Waals surface area (Å²) in [5.74, 6) is -0.743. The molecule has 0 aromatic carbocycles. The average Bonchev–Trinajstić information content (AvgIpc) is 3.36. The highest BCUT2D eigenvalue weighted by molar-refractivity contribution is 7.11. The second-order valence-electron chi connectivity index (χ2n) is 9.67. The number of fused-ring (bicyclic) bond motifs is 1. The molecule has 0 bridgehead atoms. The molecule has 2 aromatic rings. The number of oxazole rings is 1. The number of hydrogen-bond acceptors (Lipinski definition) is 6. The van der Waals surface area contributed by atoms with Crippen LogP contribution in [0.25, 0.3) is 0 Å². The molecule has 1 aliphatic heterocycles. The number of thiazole rings is 1. The molecule has 1 fully saturated rings. The lowest BCUT2D eigenvalue weighted by atomic mass is 9.84. The lowest BCUT2D eigenvalue weighted by Gasteiger charge is -2.32. The summed E-state index contributed by atoms with van der Waals surface area (Å²) in [6.07, 6.45) is 8.54. The minimum atomic E-state index is -2.63. The Morgan fingerprint density at radius 2 is 2.12 bits per heavy atom. The van der Waals surface area contributed by atoms with E-state index < -0.39 is 5.92 Å². The van der Waals surface area contributed by atoms with Crippen molar-refractivity contribution in [1.82, 2.24) is 20.2 Å². The fourth-order valence-corrected chi connectivity index (χ4v) is 5.88. The van der Waals surface area contributed by atoms with E-state index in [1.165, 1.54) is 4.88 Å². The Kier molecular flexibility index (Phi) is 7.79. The van der Waals surface area contributed by atoms with Crippen LogP contribution in [0.1, 0.15) is 72.7 Å². The first kappa shape index (κ1) is 24.3. The highest BCUT2D eigenvalue weighted by Crippen LogP contribution is 2.30. The second-order valence-corrected chi connectivity index (χ2v) is 10.8. The number of amides is 1. The zero-order valence-electron chi connectivity index (χ0n) is 19.5. The van der Waals surface area contributed by atoms with Crippen LogP contribution < -0.4 is 5.32 Å². The first-order chi connectivity index (χ1) is 15.7. The van der Waals surface area contributed by atoms with Gasteiger partial charge in [-0.25, -0.2) is 18.7 Å². The van der Waals surface area contributed by atoms with E-state index in [1.54, 1.807) is 24.5 Å². The molecule has 1 saturated carbocycles. The highest BCUT2D eigenvalue weighted by Gasteiger charge is 2.26. The van der Waals surface area contributed by atoms with E-state index >= 15 is 0 Å². The van der Waals surface area contributed by atoms with Gasteiger partial charge >= 0.3 is 0 Å². The summed E-state index contributed by atoms with van der Waals surface area (Å²) in [4.78, 5) is 24.7. The maximum atomic E-state index is 13.1. The molecule has 1 aliphatic carbocycles. The molecule has 0 atom stereocenters. The van der Waals surface area contributed by atoms with Gasteiger partial charge in [-0.15, -0.1) is 11.3 Å². The monoisotopic (exact) mass is 480 g/mol. The molecule has 1 amide bonds. The fraction of sp³-hybridized carbons (Fsp3) is 0.708. The number of aryl methyl sites for hydroxylation is 2. The minimum Gasteiger partial charge on any atom is -0.446 e. The van der Waals surface area contributed by atoms with Crippen molar-refractivity contribution >= 4 is 17.2 Å². The van der Waals surface area contributed by atoms with Gasteiger partial charge in [0.25, 0.3) is 0 Å². The van der Waals surface area contributed by atoms with Crippen molar-refractivity contribution in [1.29, 1.82) is 0 Å². The summed E-state index contributed by atoms with van der Waals surface area (Å²) in [7, 11) is 0. The molecule has 182 valence electrons. The van der Waals surface area contributed by atoms with E-state index in [4.69, 9.17) is 4.42 Å². The standard InChI is InChI=1S/C24H34F2N4O2S/c1-16-27-14-19(32-16)13-22(31)28-18-5-3-17(4-6-18)8-11-30-12-9-21-20(15-30)29-23(33-21)7-10-24(2,25)26/h14,17-18H,3-13,15H2,1-2H3,(H,28,31). The van der Waals surface area contributed by atoms with Crippen molar-refractivity contribution in [3.8, 4) is 0 Å². The number of aromatic nitrogens is 2. The van der Waals surface area contributed by atoms with Gasteiger partial charge in [0.15, 0.2) is 5.89 Å². The molecular formula is C24H34F2N4O2S. The fourth-order valence-electron chi connectivity index (χ4n) is 4.82. The Balaban J connectivity index is 1.15. The van der Waals surface area contributed by atoms with Crippen molar-refractivity contribution in [2.45, 2.75) is 90.1 Å². The molecule has 3 heterocycles. The van der Waals surface area contributed by atoms with Crippen LogP contribution in [0.2, 0.25) is 0 Å². The predicted molar refractivity (Wildman–Crippen MR) is 123 cm³/mol. The van der Waals surface area contributed by atoms with E-state index in [-0.39, 0.29) is 24.8 Å². The van der Waals surface area contributed by atoms with Gasteiger partial charge in [-0.3, -0.25) is 9.69 Å². The number of carbonyl (C=O) groups is 1. The molecule has 0 unspecified atom stereocenters. The van der Waals surface area contributed by atoms with Gasteiger partial charge in [-0.05, 0) is 57.9 Å². The van der Waals surface area contributed by atoms with Crippen LogP contribution in [-0.4, -0.2) is 45.8 Å². The van der Waals surface area contributed by atoms with E-state index in [2.05, 4.69) is 20.2 Å². The van der Waals surface area contributed by atoms with Crippen molar-refractivity contribution in [3.05, 3.63) is 33.4 Å². The molecule has 0 spiro atoms. The Morgan fingerprint density at radius 3 is 2.82 bits per heavy atom. The first-order valence-corrected chi connectivity index (χ1v) is 12.8. The lowest BCUT2D eigenvalue weighted by molar-refractivity contribution is -0.121. The van der Waals surface area contributed by atoms with Gasteiger partial charge < -0.3 is 9.73 Å². The quantitative estimate of drug-likeness (QED) is 0.564. The van der Waals surface area contributed by atoms with Crippen LogP contribution >= 0.6 is 11.3 Å². The molecule has 2 aromatic heterocycles. The highest BCUT2D eigenvalue weighted by atomic mass is 32.1. The summed E-state index contributed by atoms with van der Waals surface area (Å²) < 4.78 is 31.7. The molecule has 2 aliphatic rings. The van der Waals surface area contributed by atoms with E-state index in [0.29, 0.717) is 24.0 Å². The van der Waals surface area contributed by atoms with Gasteiger partial charge in [0.1, 0.15) is 5.76 Å². The molecule has 9 heteroatoms. The maximum absolute atomic E-state index is 13.1. The summed E-state index contributed by atoms with van der Waals surface area (Å²) in [5.41, 5.74) is 1.09. The molecule has 6 nitrogen and oxygen atoms in total. The number of halogens is 2. The number of hydrogen-bond donors (Lipinski definition) is 1. The Bertz CT molecular complexity index is 931. The van der Waals surface area contributed by atoms with Crippen molar-refractivity contribution in [3.63, 3.8) is 0 Å². The normalized spacial score (nSPS) is 21.7. The van der Waals surface area contributed by atoms with Crippen LogP contribution in [0.15, 0.2) is 10.6 Å². The zero-order chi connectivity index (χ0) is 23.4. The largest absolute Gasteiger partial charge is 0.446 e. The number of nitrogens with zero attached hydrogens (tertiary/aromatic N) is 3. The third-order valence-corrected chi connectivity index (χ3v) is 7.92. The van der Waals surface area contributed by atoms with Gasteiger partial charge in [0.05, 0.1) is 23.3 Å². The third-order valence-electron chi connectivity index (χ3n) is 6.70. The van der Waals surface area contributed by atoms with Gasteiger partial charge in [0.2, 0.25) is 11.8 Å². The Hall–Kier alpha value is -1.87. The molecular weight excluding hydrogens is 446 g/mol. The van der Waals surface area contributed by atoms with E-state index in [1.807, 2.05) is 0 Å². The van der Waals surface area contributed by atoms with Crippen molar-refractivity contribution < 1.29 is 18.0 Å². The third kappa shape index (κ3) is 7.30. The van der Waals surface area contributed by atoms with Crippen LogP contribution in [0.3, 0.4) is 0 Å². The number of nitrogens with one attached hydrogen (secondary N) is 1. The summed E-state index contributed by atoms with van der Waals surface area (Å²) in [6, 6.07) is 0.249.